The standard InChI is InChI=1S/C18H21N3O3S/c1-3-13-8-17(23)21-14(11-25-18(21)20-13)9-16(22)19-10-12-5-4-6-15(7-12)24-2/h4-8,14H,3,9-11H2,1-2H3,(H,19,22)/t14-/m1/s1. The topological polar surface area (TPSA) is 73.2 Å². The summed E-state index contributed by atoms with van der Waals surface area (Å²) in [6.45, 7) is 2.41. The molecule has 1 aromatic carbocycles. The summed E-state index contributed by atoms with van der Waals surface area (Å²) in [4.78, 5) is 29.1. The lowest BCUT2D eigenvalue weighted by atomic mass is 10.2. The molecular weight excluding hydrogens is 338 g/mol. The van der Waals surface area contributed by atoms with E-state index in [1.165, 1.54) is 11.8 Å². The molecule has 0 fully saturated rings. The molecule has 0 saturated heterocycles. The van der Waals surface area contributed by atoms with Gasteiger partial charge in [-0.2, -0.15) is 0 Å². The number of fused-ring (bicyclic) bond motifs is 1. The molecule has 6 nitrogen and oxygen atoms in total. The number of carbonyl (C=O) groups is 1. The van der Waals surface area contributed by atoms with Crippen LogP contribution in [0.2, 0.25) is 0 Å². The normalized spacial score (nSPS) is 15.7. The van der Waals surface area contributed by atoms with Gasteiger partial charge in [-0.1, -0.05) is 30.8 Å². The maximum Gasteiger partial charge on any atom is 0.254 e. The predicted molar refractivity (Wildman–Crippen MR) is 97.1 cm³/mol. The summed E-state index contributed by atoms with van der Waals surface area (Å²) >= 11 is 1.54. The largest absolute Gasteiger partial charge is 0.497 e. The first kappa shape index (κ1) is 17.5. The number of aromatic nitrogens is 2. The number of thioether (sulfide) groups is 1. The van der Waals surface area contributed by atoms with E-state index in [1.807, 2.05) is 31.2 Å². The molecule has 132 valence electrons. The second kappa shape index (κ2) is 7.74. The molecule has 0 unspecified atom stereocenters. The molecule has 1 aromatic heterocycles. The van der Waals surface area contributed by atoms with Crippen molar-refractivity contribution in [2.24, 2.45) is 0 Å². The van der Waals surface area contributed by atoms with Gasteiger partial charge in [0.15, 0.2) is 5.16 Å². The first-order valence-corrected chi connectivity index (χ1v) is 9.24. The molecule has 2 aromatic rings. The SMILES string of the molecule is CCc1cc(=O)n2c(n1)SC[C@H]2CC(=O)NCc1cccc(OC)c1. The Morgan fingerprint density at radius 3 is 3.04 bits per heavy atom. The highest BCUT2D eigenvalue weighted by atomic mass is 32.2. The van der Waals surface area contributed by atoms with Crippen molar-refractivity contribution >= 4 is 17.7 Å². The number of hydrogen-bond donors (Lipinski definition) is 1. The Morgan fingerprint density at radius 1 is 1.44 bits per heavy atom. The van der Waals surface area contributed by atoms with Crippen LogP contribution in [0.15, 0.2) is 40.3 Å². The molecule has 0 aliphatic carbocycles. The average molecular weight is 359 g/mol. The van der Waals surface area contributed by atoms with Crippen molar-refractivity contribution in [3.8, 4) is 5.75 Å². The Morgan fingerprint density at radius 2 is 2.28 bits per heavy atom. The fourth-order valence-electron chi connectivity index (χ4n) is 2.80. The van der Waals surface area contributed by atoms with E-state index in [4.69, 9.17) is 4.74 Å². The van der Waals surface area contributed by atoms with Crippen LogP contribution in [0.4, 0.5) is 0 Å². The van der Waals surface area contributed by atoms with Gasteiger partial charge in [0.1, 0.15) is 5.75 Å². The minimum absolute atomic E-state index is 0.0718. The number of aryl methyl sites for hydroxylation is 1. The first-order chi connectivity index (χ1) is 12.1. The third-order valence-corrected chi connectivity index (χ3v) is 5.25. The lowest BCUT2D eigenvalue weighted by Crippen LogP contribution is -2.30. The van der Waals surface area contributed by atoms with Crippen LogP contribution in [0, 0.1) is 0 Å². The van der Waals surface area contributed by atoms with Crippen LogP contribution in [-0.2, 0) is 17.8 Å². The van der Waals surface area contributed by atoms with Gasteiger partial charge < -0.3 is 10.1 Å². The van der Waals surface area contributed by atoms with Crippen molar-refractivity contribution in [1.82, 2.24) is 14.9 Å². The van der Waals surface area contributed by atoms with E-state index in [0.29, 0.717) is 12.3 Å². The summed E-state index contributed by atoms with van der Waals surface area (Å²) < 4.78 is 6.83. The van der Waals surface area contributed by atoms with Crippen LogP contribution in [0.5, 0.6) is 5.75 Å². The molecule has 1 atom stereocenters. The van der Waals surface area contributed by atoms with Crippen molar-refractivity contribution < 1.29 is 9.53 Å². The van der Waals surface area contributed by atoms with Gasteiger partial charge in [-0.05, 0) is 24.1 Å². The molecule has 0 radical (unpaired) electrons. The second-order valence-electron chi connectivity index (χ2n) is 5.89. The van der Waals surface area contributed by atoms with Crippen molar-refractivity contribution in [3.63, 3.8) is 0 Å². The Bertz CT molecular complexity index is 835. The summed E-state index contributed by atoms with van der Waals surface area (Å²) in [5, 5.41) is 3.63. The zero-order chi connectivity index (χ0) is 17.8. The van der Waals surface area contributed by atoms with Crippen LogP contribution >= 0.6 is 11.8 Å². The fourth-order valence-corrected chi connectivity index (χ4v) is 3.97. The monoisotopic (exact) mass is 359 g/mol. The molecule has 1 aliphatic rings. The number of ether oxygens (including phenoxy) is 1. The number of hydrogen-bond acceptors (Lipinski definition) is 5. The molecule has 1 aliphatic heterocycles. The minimum atomic E-state index is -0.142. The Kier molecular flexibility index (Phi) is 5.43. The summed E-state index contributed by atoms with van der Waals surface area (Å²) in [6.07, 6.45) is 1.01. The lowest BCUT2D eigenvalue weighted by molar-refractivity contribution is -0.121. The molecular formula is C18H21N3O3S. The molecule has 1 amide bonds. The van der Waals surface area contributed by atoms with E-state index in [9.17, 15) is 9.59 Å². The Hall–Kier alpha value is -2.28. The molecule has 0 spiro atoms. The predicted octanol–water partition coefficient (Wildman–Crippen LogP) is 2.17. The summed E-state index contributed by atoms with van der Waals surface area (Å²) in [7, 11) is 1.61. The molecule has 25 heavy (non-hydrogen) atoms. The van der Waals surface area contributed by atoms with E-state index in [1.54, 1.807) is 17.7 Å². The summed E-state index contributed by atoms with van der Waals surface area (Å²) in [5.41, 5.74) is 1.70. The van der Waals surface area contributed by atoms with Gasteiger partial charge in [0.25, 0.3) is 5.56 Å². The van der Waals surface area contributed by atoms with Crippen molar-refractivity contribution in [3.05, 3.63) is 51.9 Å². The van der Waals surface area contributed by atoms with E-state index in [0.717, 1.165) is 28.6 Å². The zero-order valence-electron chi connectivity index (χ0n) is 14.3. The molecule has 7 heteroatoms. The average Bonchev–Trinajstić information content (AvgIpc) is 3.03. The number of rotatable bonds is 6. The Balaban J connectivity index is 1.62. The first-order valence-electron chi connectivity index (χ1n) is 8.25. The summed E-state index contributed by atoms with van der Waals surface area (Å²) in [5.74, 6) is 1.38. The van der Waals surface area contributed by atoms with Gasteiger partial charge in [0.05, 0.1) is 13.2 Å². The van der Waals surface area contributed by atoms with Gasteiger partial charge in [-0.25, -0.2) is 4.98 Å². The van der Waals surface area contributed by atoms with Crippen molar-refractivity contribution in [2.45, 2.75) is 37.5 Å². The van der Waals surface area contributed by atoms with E-state index >= 15 is 0 Å². The molecule has 0 bridgehead atoms. The molecule has 2 heterocycles. The Labute approximate surface area is 150 Å². The number of nitrogens with zero attached hydrogens (tertiary/aromatic N) is 2. The van der Waals surface area contributed by atoms with Gasteiger partial charge in [-0.3, -0.25) is 14.2 Å². The number of carbonyl (C=O) groups excluding carboxylic acids is 1. The highest BCUT2D eigenvalue weighted by Gasteiger charge is 2.27. The third kappa shape index (κ3) is 4.04. The quantitative estimate of drug-likeness (QED) is 0.800. The highest BCUT2D eigenvalue weighted by molar-refractivity contribution is 7.99. The van der Waals surface area contributed by atoms with Crippen LogP contribution in [0.3, 0.4) is 0 Å². The van der Waals surface area contributed by atoms with Crippen molar-refractivity contribution in [1.29, 1.82) is 0 Å². The van der Waals surface area contributed by atoms with E-state index < -0.39 is 0 Å². The number of nitrogens with one attached hydrogen (secondary N) is 1. The van der Waals surface area contributed by atoms with Crippen LogP contribution in [-0.4, -0.2) is 28.3 Å². The molecule has 3 rings (SSSR count). The minimum Gasteiger partial charge on any atom is -0.497 e. The smallest absolute Gasteiger partial charge is 0.254 e. The zero-order valence-corrected chi connectivity index (χ0v) is 15.1. The van der Waals surface area contributed by atoms with E-state index in [2.05, 4.69) is 10.3 Å². The maximum atomic E-state index is 12.3. The van der Waals surface area contributed by atoms with Gasteiger partial charge in [0, 0.05) is 30.5 Å². The number of methoxy groups -OCH3 is 1. The molecule has 1 N–H and O–H groups in total. The number of amides is 1. The fraction of sp³-hybridized carbons (Fsp3) is 0.389. The van der Waals surface area contributed by atoms with E-state index in [-0.39, 0.29) is 23.9 Å². The number of benzene rings is 1. The highest BCUT2D eigenvalue weighted by Crippen LogP contribution is 2.32. The van der Waals surface area contributed by atoms with Gasteiger partial charge >= 0.3 is 0 Å². The van der Waals surface area contributed by atoms with Crippen LogP contribution in [0.1, 0.15) is 30.6 Å². The second-order valence-corrected chi connectivity index (χ2v) is 6.88. The lowest BCUT2D eigenvalue weighted by Gasteiger charge is -2.13. The molecule has 0 saturated carbocycles. The van der Waals surface area contributed by atoms with Gasteiger partial charge in [0.2, 0.25) is 5.91 Å². The van der Waals surface area contributed by atoms with Crippen molar-refractivity contribution in [2.75, 3.05) is 12.9 Å². The van der Waals surface area contributed by atoms with Crippen LogP contribution in [0.25, 0.3) is 0 Å². The third-order valence-electron chi connectivity index (χ3n) is 4.15. The maximum absolute atomic E-state index is 12.3. The van der Waals surface area contributed by atoms with Crippen LogP contribution < -0.4 is 15.6 Å². The summed E-state index contributed by atoms with van der Waals surface area (Å²) in [6, 6.07) is 9.00. The van der Waals surface area contributed by atoms with Gasteiger partial charge in [-0.15, -0.1) is 0 Å².